The Morgan fingerprint density at radius 2 is 1.71 bits per heavy atom. The highest BCUT2D eigenvalue weighted by molar-refractivity contribution is 7.98. The molecule has 0 spiro atoms. The third-order valence-electron chi connectivity index (χ3n) is 2.95. The van der Waals surface area contributed by atoms with Gasteiger partial charge in [0.1, 0.15) is 23.9 Å². The molecule has 21 heavy (non-hydrogen) atoms. The molecule has 2 aromatic rings. The molecule has 1 aromatic carbocycles. The van der Waals surface area contributed by atoms with E-state index >= 15 is 0 Å². The number of benzene rings is 1. The minimum absolute atomic E-state index is 0.0858. The van der Waals surface area contributed by atoms with Crippen LogP contribution in [0.2, 0.25) is 0 Å². The smallest absolute Gasteiger partial charge is 0.146 e. The van der Waals surface area contributed by atoms with Crippen LogP contribution >= 0.6 is 11.8 Å². The lowest BCUT2D eigenvalue weighted by molar-refractivity contribution is 0.263. The second-order valence-electron chi connectivity index (χ2n) is 5.94. The van der Waals surface area contributed by atoms with Crippen LogP contribution in [0, 0.1) is 0 Å². The van der Waals surface area contributed by atoms with Crippen LogP contribution in [0.15, 0.2) is 45.7 Å². The van der Waals surface area contributed by atoms with Gasteiger partial charge in [-0.05, 0) is 63.4 Å². The highest BCUT2D eigenvalue weighted by Crippen LogP contribution is 2.20. The standard InChI is InChI=1S/C17H23NO2S/c1-17(2,3)18-11-14-5-6-15(20-14)12-19-13-7-9-16(21-4)10-8-13/h5-10,18H,11-12H2,1-4H3. The monoisotopic (exact) mass is 305 g/mol. The van der Waals surface area contributed by atoms with Crippen LogP contribution in [-0.2, 0) is 13.2 Å². The van der Waals surface area contributed by atoms with Gasteiger partial charge in [-0.1, -0.05) is 0 Å². The first kappa shape index (κ1) is 16.0. The van der Waals surface area contributed by atoms with Crippen molar-refractivity contribution in [1.29, 1.82) is 0 Å². The van der Waals surface area contributed by atoms with E-state index in [1.54, 1.807) is 11.8 Å². The van der Waals surface area contributed by atoms with Crippen molar-refractivity contribution in [3.8, 4) is 5.75 Å². The number of rotatable bonds is 6. The molecule has 114 valence electrons. The lowest BCUT2D eigenvalue weighted by Crippen LogP contribution is -2.34. The van der Waals surface area contributed by atoms with Gasteiger partial charge in [0.05, 0.1) is 6.54 Å². The summed E-state index contributed by atoms with van der Waals surface area (Å²) in [4.78, 5) is 1.23. The van der Waals surface area contributed by atoms with E-state index in [1.807, 2.05) is 24.3 Å². The van der Waals surface area contributed by atoms with Crippen molar-refractivity contribution in [3.63, 3.8) is 0 Å². The Balaban J connectivity index is 1.84. The first-order valence-electron chi connectivity index (χ1n) is 7.06. The van der Waals surface area contributed by atoms with Crippen LogP contribution < -0.4 is 10.1 Å². The van der Waals surface area contributed by atoms with Crippen LogP contribution in [0.5, 0.6) is 5.75 Å². The van der Waals surface area contributed by atoms with Crippen molar-refractivity contribution in [2.45, 2.75) is 44.4 Å². The number of nitrogens with one attached hydrogen (secondary N) is 1. The summed E-state index contributed by atoms with van der Waals surface area (Å²) in [5.74, 6) is 2.63. The van der Waals surface area contributed by atoms with Gasteiger partial charge >= 0.3 is 0 Å². The number of hydrogen-bond acceptors (Lipinski definition) is 4. The van der Waals surface area contributed by atoms with Gasteiger partial charge in [0, 0.05) is 10.4 Å². The molecule has 1 heterocycles. The highest BCUT2D eigenvalue weighted by Gasteiger charge is 2.10. The van der Waals surface area contributed by atoms with Crippen LogP contribution in [-0.4, -0.2) is 11.8 Å². The predicted octanol–water partition coefficient (Wildman–Crippen LogP) is 4.47. The molecule has 0 radical (unpaired) electrons. The van der Waals surface area contributed by atoms with Gasteiger partial charge in [-0.3, -0.25) is 0 Å². The summed E-state index contributed by atoms with van der Waals surface area (Å²) < 4.78 is 11.5. The van der Waals surface area contributed by atoms with E-state index in [1.165, 1.54) is 4.90 Å². The summed E-state index contributed by atoms with van der Waals surface area (Å²) in [7, 11) is 0. The Bertz CT molecular complexity index is 555. The zero-order chi connectivity index (χ0) is 15.3. The quantitative estimate of drug-likeness (QED) is 0.799. The summed E-state index contributed by atoms with van der Waals surface area (Å²) >= 11 is 1.72. The molecule has 3 nitrogen and oxygen atoms in total. The van der Waals surface area contributed by atoms with Gasteiger partial charge in [0.15, 0.2) is 0 Å². The fourth-order valence-corrected chi connectivity index (χ4v) is 2.18. The molecule has 0 bridgehead atoms. The van der Waals surface area contributed by atoms with Crippen molar-refractivity contribution >= 4 is 11.8 Å². The summed E-state index contributed by atoms with van der Waals surface area (Å²) in [6, 6.07) is 12.0. The van der Waals surface area contributed by atoms with Crippen molar-refractivity contribution < 1.29 is 9.15 Å². The van der Waals surface area contributed by atoms with Crippen LogP contribution in [0.1, 0.15) is 32.3 Å². The van der Waals surface area contributed by atoms with Crippen molar-refractivity contribution in [3.05, 3.63) is 47.9 Å². The largest absolute Gasteiger partial charge is 0.486 e. The molecule has 0 aliphatic carbocycles. The Labute approximate surface area is 131 Å². The first-order chi connectivity index (χ1) is 9.96. The maximum atomic E-state index is 5.75. The lowest BCUT2D eigenvalue weighted by atomic mass is 10.1. The van der Waals surface area contributed by atoms with Crippen LogP contribution in [0.4, 0.5) is 0 Å². The molecular weight excluding hydrogens is 282 g/mol. The Hall–Kier alpha value is -1.39. The number of thioether (sulfide) groups is 1. The van der Waals surface area contributed by atoms with E-state index in [9.17, 15) is 0 Å². The summed E-state index contributed by atoms with van der Waals surface area (Å²) in [5.41, 5.74) is 0.0858. The fourth-order valence-electron chi connectivity index (χ4n) is 1.77. The third-order valence-corrected chi connectivity index (χ3v) is 3.69. The average Bonchev–Trinajstić information content (AvgIpc) is 2.91. The van der Waals surface area contributed by atoms with Crippen LogP contribution in [0.25, 0.3) is 0 Å². The molecule has 0 aliphatic heterocycles. The van der Waals surface area contributed by atoms with Gasteiger partial charge in [0.2, 0.25) is 0 Å². The summed E-state index contributed by atoms with van der Waals surface area (Å²) in [5, 5.41) is 3.40. The van der Waals surface area contributed by atoms with E-state index in [0.29, 0.717) is 6.61 Å². The first-order valence-corrected chi connectivity index (χ1v) is 8.28. The molecule has 4 heteroatoms. The van der Waals surface area contributed by atoms with E-state index in [4.69, 9.17) is 9.15 Å². The van der Waals surface area contributed by atoms with Crippen LogP contribution in [0.3, 0.4) is 0 Å². The summed E-state index contributed by atoms with van der Waals surface area (Å²) in [6.45, 7) is 7.59. The SMILES string of the molecule is CSc1ccc(OCc2ccc(CNC(C)(C)C)o2)cc1. The molecule has 0 aliphatic rings. The maximum Gasteiger partial charge on any atom is 0.146 e. The maximum absolute atomic E-state index is 5.75. The number of hydrogen-bond donors (Lipinski definition) is 1. The fraction of sp³-hybridized carbons (Fsp3) is 0.412. The van der Waals surface area contributed by atoms with E-state index in [-0.39, 0.29) is 5.54 Å². The normalized spacial score (nSPS) is 11.6. The van der Waals surface area contributed by atoms with E-state index in [2.05, 4.69) is 44.5 Å². The zero-order valence-corrected chi connectivity index (χ0v) is 13.9. The minimum atomic E-state index is 0.0858. The molecule has 0 saturated carbocycles. The molecule has 1 aromatic heterocycles. The predicted molar refractivity (Wildman–Crippen MR) is 87.9 cm³/mol. The molecule has 0 atom stereocenters. The average molecular weight is 305 g/mol. The van der Waals surface area contributed by atoms with Crippen molar-refractivity contribution in [2.75, 3.05) is 6.26 Å². The highest BCUT2D eigenvalue weighted by atomic mass is 32.2. The molecule has 0 unspecified atom stereocenters. The second kappa shape index (κ2) is 7.05. The lowest BCUT2D eigenvalue weighted by Gasteiger charge is -2.19. The zero-order valence-electron chi connectivity index (χ0n) is 13.1. The molecule has 0 fully saturated rings. The van der Waals surface area contributed by atoms with E-state index in [0.717, 1.165) is 23.8 Å². The number of furan rings is 1. The Morgan fingerprint density at radius 3 is 2.33 bits per heavy atom. The molecule has 1 N–H and O–H groups in total. The summed E-state index contributed by atoms with van der Waals surface area (Å²) in [6.07, 6.45) is 2.06. The number of ether oxygens (including phenoxy) is 1. The van der Waals surface area contributed by atoms with Crippen molar-refractivity contribution in [2.24, 2.45) is 0 Å². The molecule has 0 amide bonds. The van der Waals surface area contributed by atoms with Gasteiger partial charge < -0.3 is 14.5 Å². The third kappa shape index (κ3) is 5.48. The van der Waals surface area contributed by atoms with E-state index < -0.39 is 0 Å². The Morgan fingerprint density at radius 1 is 1.05 bits per heavy atom. The van der Waals surface area contributed by atoms with Gasteiger partial charge in [0.25, 0.3) is 0 Å². The van der Waals surface area contributed by atoms with Gasteiger partial charge in [-0.25, -0.2) is 0 Å². The molecule has 2 rings (SSSR count). The Kier molecular flexibility index (Phi) is 5.37. The topological polar surface area (TPSA) is 34.4 Å². The van der Waals surface area contributed by atoms with Gasteiger partial charge in [-0.2, -0.15) is 0 Å². The molecule has 0 saturated heterocycles. The molecular formula is C17H23NO2S. The minimum Gasteiger partial charge on any atom is -0.486 e. The van der Waals surface area contributed by atoms with Gasteiger partial charge in [-0.15, -0.1) is 11.8 Å². The van der Waals surface area contributed by atoms with Crippen molar-refractivity contribution in [1.82, 2.24) is 5.32 Å². The second-order valence-corrected chi connectivity index (χ2v) is 6.82.